The molecule has 100 valence electrons. The molecule has 0 bridgehead atoms. The van der Waals surface area contributed by atoms with Gasteiger partial charge in [-0.3, -0.25) is 9.78 Å². The molecule has 2 heterocycles. The Morgan fingerprint density at radius 2 is 2.05 bits per heavy atom. The van der Waals surface area contributed by atoms with Crippen molar-refractivity contribution >= 4 is 17.3 Å². The Labute approximate surface area is 113 Å². The Kier molecular flexibility index (Phi) is 2.98. The number of nitrogens with one attached hydrogen (secondary N) is 1. The first-order valence-corrected chi connectivity index (χ1v) is 5.89. The van der Waals surface area contributed by atoms with Crippen molar-refractivity contribution in [3.8, 4) is 0 Å². The number of nitrogens with zero attached hydrogens (tertiary/aromatic N) is 2. The van der Waals surface area contributed by atoms with Crippen LogP contribution in [0.4, 0.5) is 14.5 Å². The van der Waals surface area contributed by atoms with Crippen LogP contribution in [0.25, 0.3) is 0 Å². The highest BCUT2D eigenvalue weighted by Gasteiger charge is 2.26. The number of anilines is 1. The maximum atomic E-state index is 13.7. The van der Waals surface area contributed by atoms with E-state index in [-0.39, 0.29) is 5.71 Å². The number of aliphatic imine (C=N–C) groups is 1. The van der Waals surface area contributed by atoms with Gasteiger partial charge < -0.3 is 5.32 Å². The largest absolute Gasteiger partial charge is 0.321 e. The van der Waals surface area contributed by atoms with Gasteiger partial charge in [-0.1, -0.05) is 6.07 Å². The van der Waals surface area contributed by atoms with Crippen molar-refractivity contribution in [3.05, 3.63) is 59.7 Å². The van der Waals surface area contributed by atoms with Crippen molar-refractivity contribution in [2.45, 2.75) is 6.30 Å². The molecule has 3 rings (SSSR count). The maximum absolute atomic E-state index is 13.7. The summed E-state index contributed by atoms with van der Waals surface area (Å²) in [4.78, 5) is 19.3. The summed E-state index contributed by atoms with van der Waals surface area (Å²) in [6.45, 7) is 0. The summed E-state index contributed by atoms with van der Waals surface area (Å²) in [5.74, 6) is -1.39. The van der Waals surface area contributed by atoms with Gasteiger partial charge >= 0.3 is 0 Å². The summed E-state index contributed by atoms with van der Waals surface area (Å²) in [5.41, 5.74) is 1.13. The van der Waals surface area contributed by atoms with Gasteiger partial charge in [0.25, 0.3) is 12.2 Å². The number of fused-ring (bicyclic) bond motifs is 1. The summed E-state index contributed by atoms with van der Waals surface area (Å²) in [6.07, 6.45) is -0.535. The zero-order valence-corrected chi connectivity index (χ0v) is 10.2. The first-order chi connectivity index (χ1) is 9.65. The minimum Gasteiger partial charge on any atom is -0.321 e. The fraction of sp³-hybridized carbons (Fsp3) is 0.0714. The van der Waals surface area contributed by atoms with Gasteiger partial charge in [-0.25, -0.2) is 13.8 Å². The monoisotopic (exact) mass is 273 g/mol. The molecule has 1 N–H and O–H groups in total. The third kappa shape index (κ3) is 2.16. The molecule has 1 aliphatic heterocycles. The summed E-state index contributed by atoms with van der Waals surface area (Å²) >= 11 is 0. The lowest BCUT2D eigenvalue weighted by molar-refractivity contribution is -0.120. The molecular weight excluding hydrogens is 264 g/mol. The zero-order chi connectivity index (χ0) is 14.1. The van der Waals surface area contributed by atoms with Gasteiger partial charge in [-0.15, -0.1) is 0 Å². The number of pyridine rings is 1. The summed E-state index contributed by atoms with van der Waals surface area (Å²) < 4.78 is 27.1. The first kappa shape index (κ1) is 12.4. The molecule has 0 radical (unpaired) electrons. The van der Waals surface area contributed by atoms with Crippen LogP contribution in [-0.2, 0) is 4.79 Å². The zero-order valence-electron chi connectivity index (χ0n) is 10.2. The molecule has 1 aromatic carbocycles. The van der Waals surface area contributed by atoms with E-state index in [1.54, 1.807) is 18.2 Å². The van der Waals surface area contributed by atoms with Crippen molar-refractivity contribution in [2.75, 3.05) is 5.32 Å². The van der Waals surface area contributed by atoms with Crippen LogP contribution in [0.2, 0.25) is 0 Å². The smallest absolute Gasteiger partial charge is 0.281 e. The number of alkyl halides is 1. The van der Waals surface area contributed by atoms with Crippen LogP contribution in [0.15, 0.2) is 47.6 Å². The van der Waals surface area contributed by atoms with E-state index >= 15 is 0 Å². The molecule has 1 aromatic heterocycles. The number of benzodiazepines with no additional fused rings is 1. The van der Waals surface area contributed by atoms with E-state index in [9.17, 15) is 13.6 Å². The fourth-order valence-electron chi connectivity index (χ4n) is 1.96. The van der Waals surface area contributed by atoms with Crippen LogP contribution in [0.1, 0.15) is 11.3 Å². The van der Waals surface area contributed by atoms with E-state index in [1.165, 1.54) is 24.4 Å². The van der Waals surface area contributed by atoms with Crippen LogP contribution < -0.4 is 5.32 Å². The Morgan fingerprint density at radius 3 is 2.80 bits per heavy atom. The molecule has 20 heavy (non-hydrogen) atoms. The second-order valence-electron chi connectivity index (χ2n) is 4.21. The molecule has 1 unspecified atom stereocenters. The minimum absolute atomic E-state index is 0.144. The lowest BCUT2D eigenvalue weighted by Crippen LogP contribution is -2.21. The van der Waals surface area contributed by atoms with Crippen molar-refractivity contribution in [1.82, 2.24) is 4.98 Å². The average Bonchev–Trinajstić information content (AvgIpc) is 2.58. The molecule has 6 heteroatoms. The summed E-state index contributed by atoms with van der Waals surface area (Å²) in [7, 11) is 0. The highest BCUT2D eigenvalue weighted by atomic mass is 19.1. The molecule has 0 fully saturated rings. The lowest BCUT2D eigenvalue weighted by Gasteiger charge is -2.08. The van der Waals surface area contributed by atoms with Crippen molar-refractivity contribution in [3.63, 3.8) is 0 Å². The standard InChI is InChI=1S/C14H9F2N3O/c15-8-4-5-10-9(7-8)12(11-3-1-2-6-17-11)19-13(16)14(20)18-10/h1-7,13H,(H,18,20). The molecule has 1 atom stereocenters. The number of rotatable bonds is 1. The van der Waals surface area contributed by atoms with Gasteiger partial charge in [-0.05, 0) is 30.3 Å². The van der Waals surface area contributed by atoms with E-state index < -0.39 is 18.0 Å². The van der Waals surface area contributed by atoms with Crippen LogP contribution in [-0.4, -0.2) is 22.9 Å². The van der Waals surface area contributed by atoms with E-state index in [4.69, 9.17) is 0 Å². The number of amides is 1. The quantitative estimate of drug-likeness (QED) is 0.811. The number of benzene rings is 1. The number of halogens is 2. The predicted molar refractivity (Wildman–Crippen MR) is 69.8 cm³/mol. The van der Waals surface area contributed by atoms with Crippen LogP contribution >= 0.6 is 0 Å². The third-order valence-corrected chi connectivity index (χ3v) is 2.86. The van der Waals surface area contributed by atoms with Gasteiger partial charge in [0.1, 0.15) is 5.82 Å². The van der Waals surface area contributed by atoms with Crippen molar-refractivity contribution in [2.24, 2.45) is 4.99 Å². The molecule has 4 nitrogen and oxygen atoms in total. The SMILES string of the molecule is O=C1Nc2ccc(F)cc2C(c2ccccn2)=NC1F. The van der Waals surface area contributed by atoms with Gasteiger partial charge in [0.05, 0.1) is 17.1 Å². The highest BCUT2D eigenvalue weighted by Crippen LogP contribution is 2.24. The predicted octanol–water partition coefficient (Wildman–Crippen LogP) is 2.31. The van der Waals surface area contributed by atoms with Gasteiger partial charge in [0, 0.05) is 11.8 Å². The summed E-state index contributed by atoms with van der Waals surface area (Å²) in [6, 6.07) is 8.78. The minimum atomic E-state index is -2.05. The van der Waals surface area contributed by atoms with Crippen molar-refractivity contribution in [1.29, 1.82) is 0 Å². The lowest BCUT2D eigenvalue weighted by atomic mass is 10.0. The average molecular weight is 273 g/mol. The van der Waals surface area contributed by atoms with Crippen LogP contribution in [0, 0.1) is 5.82 Å². The fourth-order valence-corrected chi connectivity index (χ4v) is 1.96. The van der Waals surface area contributed by atoms with Gasteiger partial charge in [0.15, 0.2) is 0 Å². The molecule has 0 aliphatic carbocycles. The summed E-state index contributed by atoms with van der Waals surface area (Å²) in [5, 5.41) is 2.38. The van der Waals surface area contributed by atoms with Gasteiger partial charge in [0.2, 0.25) is 0 Å². The van der Waals surface area contributed by atoms with Gasteiger partial charge in [-0.2, -0.15) is 0 Å². The number of hydrogen-bond acceptors (Lipinski definition) is 3. The molecule has 0 saturated heterocycles. The molecular formula is C14H9F2N3O. The van der Waals surface area contributed by atoms with E-state index in [2.05, 4.69) is 15.3 Å². The molecule has 1 aliphatic rings. The number of aromatic nitrogens is 1. The number of hydrogen-bond donors (Lipinski definition) is 1. The Hall–Kier alpha value is -2.63. The Balaban J connectivity index is 2.23. The van der Waals surface area contributed by atoms with E-state index in [1.807, 2.05) is 0 Å². The normalized spacial score (nSPS) is 17.8. The Morgan fingerprint density at radius 1 is 1.20 bits per heavy atom. The third-order valence-electron chi connectivity index (χ3n) is 2.86. The molecule has 0 saturated carbocycles. The maximum Gasteiger partial charge on any atom is 0.281 e. The Bertz CT molecular complexity index is 701. The first-order valence-electron chi connectivity index (χ1n) is 5.89. The number of carbonyl (C=O) groups excluding carboxylic acids is 1. The van der Waals surface area contributed by atoms with Crippen molar-refractivity contribution < 1.29 is 13.6 Å². The number of carbonyl (C=O) groups is 1. The second-order valence-corrected chi connectivity index (χ2v) is 4.21. The molecule has 2 aromatic rings. The van der Waals surface area contributed by atoms with Crippen LogP contribution in [0.3, 0.4) is 0 Å². The van der Waals surface area contributed by atoms with E-state index in [0.717, 1.165) is 0 Å². The molecule has 1 amide bonds. The van der Waals surface area contributed by atoms with Crippen LogP contribution in [0.5, 0.6) is 0 Å². The highest BCUT2D eigenvalue weighted by molar-refractivity contribution is 6.18. The second kappa shape index (κ2) is 4.80. The molecule has 0 spiro atoms. The van der Waals surface area contributed by atoms with E-state index in [0.29, 0.717) is 16.9 Å². The topological polar surface area (TPSA) is 54.4 Å².